The van der Waals surface area contributed by atoms with E-state index in [0.29, 0.717) is 0 Å². The second-order valence-electron chi connectivity index (χ2n) is 4.06. The summed E-state index contributed by atoms with van der Waals surface area (Å²) in [5, 5.41) is 9.58. The van der Waals surface area contributed by atoms with Crippen molar-refractivity contribution >= 4 is 15.9 Å². The van der Waals surface area contributed by atoms with Gasteiger partial charge in [-0.25, -0.2) is 0 Å². The summed E-state index contributed by atoms with van der Waals surface area (Å²) < 4.78 is 0.257. The van der Waals surface area contributed by atoms with Crippen LogP contribution >= 0.6 is 15.9 Å². The van der Waals surface area contributed by atoms with Crippen LogP contribution in [0.3, 0.4) is 0 Å². The molecule has 7 atom stereocenters. The van der Waals surface area contributed by atoms with Crippen molar-refractivity contribution in [2.75, 3.05) is 0 Å². The third-order valence-electron chi connectivity index (χ3n) is 4.14. The minimum absolute atomic E-state index is 0.0301. The first-order valence-corrected chi connectivity index (χ1v) is 4.44. The lowest BCUT2D eigenvalue weighted by Gasteiger charge is -2.07. The predicted molar refractivity (Wildman–Crippen MR) is 35.1 cm³/mol. The summed E-state index contributed by atoms with van der Waals surface area (Å²) in [4.78, 5) is 0. The molecule has 0 aromatic heterocycles. The quantitative estimate of drug-likeness (QED) is 0.551. The van der Waals surface area contributed by atoms with Crippen molar-refractivity contribution < 1.29 is 5.11 Å². The number of hydrogen-bond acceptors (Lipinski definition) is 1. The smallest absolute Gasteiger partial charge is 0.0732 e. The van der Waals surface area contributed by atoms with Crippen LogP contribution in [0.2, 0.25) is 0 Å². The van der Waals surface area contributed by atoms with Crippen molar-refractivity contribution in [3.05, 3.63) is 0 Å². The minimum atomic E-state index is 0.0301. The summed E-state index contributed by atoms with van der Waals surface area (Å²) in [6.45, 7) is 0. The Morgan fingerprint density at radius 3 is 1.78 bits per heavy atom. The molecule has 0 aromatic rings. The molecule has 9 heavy (non-hydrogen) atoms. The fraction of sp³-hybridized carbons (Fsp3) is 1.00. The van der Waals surface area contributed by atoms with Crippen LogP contribution in [0, 0.1) is 29.6 Å². The van der Waals surface area contributed by atoms with Gasteiger partial charge < -0.3 is 5.11 Å². The SMILES string of the molecule is O[C@H]1C2[C@@H]3[C@H]2[C@H]2[C@@H]3C21Br. The predicted octanol–water partition coefficient (Wildman–Crippen LogP) is 0.616. The molecule has 2 bridgehead atoms. The molecule has 0 heterocycles. The lowest BCUT2D eigenvalue weighted by Crippen LogP contribution is -2.19. The number of alkyl halides is 1. The maximum Gasteiger partial charge on any atom is 0.0732 e. The summed E-state index contributed by atoms with van der Waals surface area (Å²) in [5.41, 5.74) is 0. The average molecular weight is 187 g/mol. The fourth-order valence-electron chi connectivity index (χ4n) is 3.81. The second-order valence-corrected chi connectivity index (χ2v) is 5.43. The fourth-order valence-corrected chi connectivity index (χ4v) is 5.16. The Balaban J connectivity index is 2.04. The zero-order valence-electron chi connectivity index (χ0n) is 4.79. The average Bonchev–Trinajstić information content (AvgIpc) is 2.38. The maximum atomic E-state index is 9.58. The summed E-state index contributed by atoms with van der Waals surface area (Å²) in [6, 6.07) is 0. The Morgan fingerprint density at radius 2 is 1.67 bits per heavy atom. The lowest BCUT2D eigenvalue weighted by atomic mass is 10.0. The Hall–Kier alpha value is 0.440. The van der Waals surface area contributed by atoms with E-state index in [1.807, 2.05) is 0 Å². The van der Waals surface area contributed by atoms with Crippen LogP contribution in [0.15, 0.2) is 0 Å². The van der Waals surface area contributed by atoms with Crippen LogP contribution in [-0.2, 0) is 0 Å². The van der Waals surface area contributed by atoms with Crippen LogP contribution in [0.4, 0.5) is 0 Å². The van der Waals surface area contributed by atoms with E-state index in [0.717, 1.165) is 29.6 Å². The van der Waals surface area contributed by atoms with E-state index in [2.05, 4.69) is 15.9 Å². The van der Waals surface area contributed by atoms with Crippen molar-refractivity contribution in [1.82, 2.24) is 0 Å². The van der Waals surface area contributed by atoms with E-state index in [-0.39, 0.29) is 10.4 Å². The highest BCUT2D eigenvalue weighted by Crippen LogP contribution is 2.95. The molecule has 0 amide bonds. The van der Waals surface area contributed by atoms with Gasteiger partial charge in [0.05, 0.1) is 10.4 Å². The number of aliphatic hydroxyl groups excluding tert-OH is 1. The van der Waals surface area contributed by atoms with E-state index in [9.17, 15) is 5.11 Å². The van der Waals surface area contributed by atoms with Crippen LogP contribution in [0.5, 0.6) is 0 Å². The molecule has 1 nitrogen and oxygen atoms in total. The summed E-state index contributed by atoms with van der Waals surface area (Å²) >= 11 is 3.66. The molecule has 48 valence electrons. The molecule has 5 aliphatic rings. The van der Waals surface area contributed by atoms with Gasteiger partial charge in [0, 0.05) is 0 Å². The van der Waals surface area contributed by atoms with Gasteiger partial charge in [0.2, 0.25) is 0 Å². The van der Waals surface area contributed by atoms with E-state index in [4.69, 9.17) is 0 Å². The molecule has 0 radical (unpaired) electrons. The Morgan fingerprint density at radius 1 is 1.11 bits per heavy atom. The van der Waals surface area contributed by atoms with Gasteiger partial charge in [0.15, 0.2) is 0 Å². The van der Waals surface area contributed by atoms with E-state index in [1.165, 1.54) is 0 Å². The zero-order valence-corrected chi connectivity index (χ0v) is 6.38. The molecule has 0 aliphatic heterocycles. The highest BCUT2D eigenvalue weighted by Gasteiger charge is 2.98. The van der Waals surface area contributed by atoms with Gasteiger partial charge in [-0.3, -0.25) is 0 Å². The van der Waals surface area contributed by atoms with Crippen LogP contribution in [0.1, 0.15) is 0 Å². The second kappa shape index (κ2) is 0.782. The Labute approximate surface area is 61.6 Å². The van der Waals surface area contributed by atoms with Gasteiger partial charge in [-0.1, -0.05) is 15.9 Å². The van der Waals surface area contributed by atoms with E-state index >= 15 is 0 Å². The number of rotatable bonds is 0. The van der Waals surface area contributed by atoms with Crippen molar-refractivity contribution in [2.45, 2.75) is 10.4 Å². The number of halogens is 1. The summed E-state index contributed by atoms with van der Waals surface area (Å²) in [5.74, 6) is 4.47. The van der Waals surface area contributed by atoms with Crippen LogP contribution in [-0.4, -0.2) is 15.5 Å². The minimum Gasteiger partial charge on any atom is -0.391 e. The molecule has 2 unspecified atom stereocenters. The van der Waals surface area contributed by atoms with Crippen molar-refractivity contribution in [3.63, 3.8) is 0 Å². The third-order valence-corrected chi connectivity index (χ3v) is 5.67. The first kappa shape index (κ1) is 4.35. The largest absolute Gasteiger partial charge is 0.391 e. The van der Waals surface area contributed by atoms with Gasteiger partial charge in [-0.2, -0.15) is 0 Å². The molecule has 5 fully saturated rings. The van der Waals surface area contributed by atoms with E-state index < -0.39 is 0 Å². The Kier molecular flexibility index (Phi) is 0.378. The van der Waals surface area contributed by atoms with Crippen molar-refractivity contribution in [1.29, 1.82) is 0 Å². The lowest BCUT2D eigenvalue weighted by molar-refractivity contribution is 0.162. The molecule has 5 rings (SSSR count). The Bertz CT molecular complexity index is 207. The summed E-state index contributed by atoms with van der Waals surface area (Å²) in [7, 11) is 0. The van der Waals surface area contributed by atoms with Gasteiger partial charge in [0.1, 0.15) is 0 Å². The van der Waals surface area contributed by atoms with Crippen LogP contribution < -0.4 is 0 Å². The molecule has 5 saturated carbocycles. The number of aliphatic hydroxyl groups is 1. The first-order valence-electron chi connectivity index (χ1n) is 3.65. The highest BCUT2D eigenvalue weighted by molar-refractivity contribution is 9.10. The highest BCUT2D eigenvalue weighted by atomic mass is 79.9. The maximum absolute atomic E-state index is 9.58. The summed E-state index contributed by atoms with van der Waals surface area (Å²) in [6.07, 6.45) is 0.0301. The normalized spacial score (nSPS) is 94.0. The van der Waals surface area contributed by atoms with Crippen molar-refractivity contribution in [3.8, 4) is 0 Å². The molecule has 5 aliphatic carbocycles. The molecular formula is C7H7BrO. The van der Waals surface area contributed by atoms with Gasteiger partial charge in [-0.05, 0) is 29.6 Å². The van der Waals surface area contributed by atoms with Gasteiger partial charge in [0.25, 0.3) is 0 Å². The number of hydrogen-bond donors (Lipinski definition) is 1. The molecule has 0 spiro atoms. The molecule has 0 saturated heterocycles. The molecular weight excluding hydrogens is 180 g/mol. The topological polar surface area (TPSA) is 20.2 Å². The third kappa shape index (κ3) is 0.194. The van der Waals surface area contributed by atoms with Crippen molar-refractivity contribution in [2.24, 2.45) is 29.6 Å². The standard InChI is InChI=1S/C7H7BrO/c8-7-4-1-2(5(4)7)3(1)6(7)9/h1-6,9H/t1-,2+,3?,4+,5-,6-,7?/m0/s1. The van der Waals surface area contributed by atoms with Crippen LogP contribution in [0.25, 0.3) is 0 Å². The molecule has 2 heteroatoms. The molecule has 0 aromatic carbocycles. The first-order chi connectivity index (χ1) is 4.28. The monoisotopic (exact) mass is 186 g/mol. The van der Waals surface area contributed by atoms with Gasteiger partial charge in [-0.15, -0.1) is 0 Å². The van der Waals surface area contributed by atoms with Gasteiger partial charge >= 0.3 is 0 Å². The van der Waals surface area contributed by atoms with E-state index in [1.54, 1.807) is 0 Å². The zero-order chi connectivity index (χ0) is 5.96. The molecule has 1 N–H and O–H groups in total.